The lowest BCUT2D eigenvalue weighted by Gasteiger charge is -2.17. The highest BCUT2D eigenvalue weighted by Gasteiger charge is 2.21. The number of rotatable bonds is 13. The van der Waals surface area contributed by atoms with Crippen molar-refractivity contribution < 1.29 is 33.9 Å². The summed E-state index contributed by atoms with van der Waals surface area (Å²) in [5.41, 5.74) is 2.08. The van der Waals surface area contributed by atoms with E-state index in [1.54, 1.807) is 36.4 Å². The van der Waals surface area contributed by atoms with Crippen LogP contribution in [0.15, 0.2) is 72.8 Å². The number of non-ortho nitro benzene ring substituents is 1. The molecule has 0 aromatic heterocycles. The Morgan fingerprint density at radius 1 is 0.974 bits per heavy atom. The number of hydrogen-bond donors (Lipinski definition) is 2. The monoisotopic (exact) mass is 532 g/mol. The molecule has 0 aliphatic rings. The molecular weight excluding hydrogens is 504 g/mol. The van der Waals surface area contributed by atoms with Gasteiger partial charge in [0.2, 0.25) is 5.91 Å². The molecule has 0 aliphatic heterocycles. The molecule has 3 aromatic rings. The Labute approximate surface area is 225 Å². The predicted octanol–water partition coefficient (Wildman–Crippen LogP) is 3.34. The number of Topliss-reactive ketones (excluding diaryl/α,β-unsaturated/α-hetero) is 2. The number of nitro groups is 1. The maximum absolute atomic E-state index is 13.3. The van der Waals surface area contributed by atoms with E-state index in [2.05, 4.69) is 5.32 Å². The molecule has 3 rings (SSSR count). The van der Waals surface area contributed by atoms with E-state index >= 15 is 0 Å². The number of benzene rings is 3. The van der Waals surface area contributed by atoms with E-state index in [1.807, 2.05) is 0 Å². The quantitative estimate of drug-likeness (QED) is 0.148. The zero-order valence-electron chi connectivity index (χ0n) is 21.5. The Bertz CT molecular complexity index is 1370. The Kier molecular flexibility index (Phi) is 10.0. The molecule has 202 valence electrons. The van der Waals surface area contributed by atoms with Crippen LogP contribution in [0, 0.1) is 10.1 Å². The van der Waals surface area contributed by atoms with Gasteiger partial charge in [-0.1, -0.05) is 36.4 Å². The summed E-state index contributed by atoms with van der Waals surface area (Å²) in [4.78, 5) is 48.2. The van der Waals surface area contributed by atoms with Gasteiger partial charge in [-0.05, 0) is 41.8 Å². The lowest BCUT2D eigenvalue weighted by atomic mass is 9.96. The molecule has 0 fully saturated rings. The van der Waals surface area contributed by atoms with E-state index in [1.165, 1.54) is 56.7 Å². The molecule has 39 heavy (non-hydrogen) atoms. The number of carbonyl (C=O) groups excluding carboxylic acids is 3. The van der Waals surface area contributed by atoms with Crippen molar-refractivity contribution in [1.82, 2.24) is 5.32 Å². The molecule has 1 atom stereocenters. The molecule has 1 amide bonds. The number of amides is 1. The van der Waals surface area contributed by atoms with Gasteiger partial charge in [0.1, 0.15) is 18.1 Å². The second-order valence-electron chi connectivity index (χ2n) is 8.55. The van der Waals surface area contributed by atoms with Gasteiger partial charge in [0.05, 0.1) is 25.2 Å². The summed E-state index contributed by atoms with van der Waals surface area (Å²) in [6.45, 7) is -0.614. The number of ketones is 2. The van der Waals surface area contributed by atoms with Crippen LogP contribution in [0.4, 0.5) is 5.69 Å². The van der Waals surface area contributed by atoms with Crippen molar-refractivity contribution in [2.24, 2.45) is 0 Å². The van der Waals surface area contributed by atoms with Crippen LogP contribution in [-0.4, -0.2) is 54.4 Å². The van der Waals surface area contributed by atoms with Crippen molar-refractivity contribution >= 4 is 29.2 Å². The van der Waals surface area contributed by atoms with E-state index in [4.69, 9.17) is 14.6 Å². The summed E-state index contributed by atoms with van der Waals surface area (Å²) >= 11 is 0. The fourth-order valence-corrected chi connectivity index (χ4v) is 3.81. The highest BCUT2D eigenvalue weighted by Crippen LogP contribution is 2.25. The van der Waals surface area contributed by atoms with Crippen LogP contribution < -0.4 is 14.8 Å². The third kappa shape index (κ3) is 8.08. The Balaban J connectivity index is 1.80. The third-order valence-corrected chi connectivity index (χ3v) is 5.94. The van der Waals surface area contributed by atoms with Gasteiger partial charge >= 0.3 is 0 Å². The summed E-state index contributed by atoms with van der Waals surface area (Å²) in [7, 11) is 3.03. The highest BCUT2D eigenvalue weighted by molar-refractivity contribution is 5.98. The number of nitro benzene ring substituents is 1. The first-order chi connectivity index (χ1) is 18.7. The van der Waals surface area contributed by atoms with Crippen LogP contribution >= 0.6 is 0 Å². The first-order valence-electron chi connectivity index (χ1n) is 11.9. The smallest absolute Gasteiger partial charge is 0.269 e. The van der Waals surface area contributed by atoms with Crippen LogP contribution in [0.25, 0.3) is 6.08 Å². The molecule has 0 unspecified atom stereocenters. The minimum atomic E-state index is -0.936. The number of carbonyl (C=O) groups is 3. The molecular formula is C29H28N2O8. The van der Waals surface area contributed by atoms with E-state index in [0.29, 0.717) is 33.8 Å². The minimum Gasteiger partial charge on any atom is -0.497 e. The lowest BCUT2D eigenvalue weighted by molar-refractivity contribution is -0.384. The summed E-state index contributed by atoms with van der Waals surface area (Å²) in [5.74, 6) is -0.148. The first-order valence-corrected chi connectivity index (χ1v) is 11.9. The molecule has 10 heteroatoms. The summed E-state index contributed by atoms with van der Waals surface area (Å²) in [6, 6.07) is 16.2. The normalized spacial score (nSPS) is 11.6. The van der Waals surface area contributed by atoms with Gasteiger partial charge in [-0.3, -0.25) is 24.5 Å². The van der Waals surface area contributed by atoms with Gasteiger partial charge in [-0.15, -0.1) is 0 Å². The molecule has 0 heterocycles. The molecule has 0 saturated heterocycles. The van der Waals surface area contributed by atoms with Gasteiger partial charge in [0.15, 0.2) is 11.6 Å². The number of methoxy groups -OCH3 is 2. The van der Waals surface area contributed by atoms with Gasteiger partial charge in [-0.2, -0.15) is 0 Å². The van der Waals surface area contributed by atoms with Crippen molar-refractivity contribution in [3.63, 3.8) is 0 Å². The summed E-state index contributed by atoms with van der Waals surface area (Å²) in [6.07, 6.45) is 2.91. The van der Waals surface area contributed by atoms with Crippen LogP contribution in [0.5, 0.6) is 11.5 Å². The van der Waals surface area contributed by atoms with E-state index in [9.17, 15) is 24.5 Å². The van der Waals surface area contributed by atoms with Crippen LogP contribution in [0.1, 0.15) is 27.0 Å². The molecule has 10 nitrogen and oxygen atoms in total. The van der Waals surface area contributed by atoms with Crippen LogP contribution in [-0.2, 0) is 22.4 Å². The molecule has 0 radical (unpaired) electrons. The minimum absolute atomic E-state index is 0.0288. The van der Waals surface area contributed by atoms with Gasteiger partial charge in [0.25, 0.3) is 5.69 Å². The molecule has 0 spiro atoms. The molecule has 3 aromatic carbocycles. The van der Waals surface area contributed by atoms with E-state index in [-0.39, 0.29) is 24.3 Å². The number of aliphatic hydroxyl groups excluding tert-OH is 1. The largest absolute Gasteiger partial charge is 0.497 e. The standard InChI is InChI=1S/C29H28N2O8/c1-38-24-12-13-28(39-2)22(17-24)9-14-29(35)30-25(15-19-5-10-23(11-6-19)31(36)37)26(33)16-20-3-7-21(8-4-20)27(34)18-32/h3-14,17,25,32H,15-16,18H2,1-2H3,(H,30,35)/b14-9+/t25-/m0/s1. The SMILES string of the molecule is COc1ccc(OC)c(/C=C/C(=O)N[C@@H](Cc2ccc([N+](=O)[O-])cc2)C(=O)Cc2ccc(C(=O)CO)cc2)c1. The fourth-order valence-electron chi connectivity index (χ4n) is 3.81. The van der Waals surface area contributed by atoms with Crippen LogP contribution in [0.2, 0.25) is 0 Å². The van der Waals surface area contributed by atoms with E-state index < -0.39 is 29.3 Å². The highest BCUT2D eigenvalue weighted by atomic mass is 16.6. The maximum Gasteiger partial charge on any atom is 0.269 e. The summed E-state index contributed by atoms with van der Waals surface area (Å²) < 4.78 is 10.5. The predicted molar refractivity (Wildman–Crippen MR) is 144 cm³/mol. The zero-order valence-corrected chi connectivity index (χ0v) is 21.5. The molecule has 2 N–H and O–H groups in total. The van der Waals surface area contributed by atoms with Crippen molar-refractivity contribution in [3.05, 3.63) is 105 Å². The van der Waals surface area contributed by atoms with Crippen molar-refractivity contribution in [3.8, 4) is 11.5 Å². The van der Waals surface area contributed by atoms with Gasteiger partial charge in [-0.25, -0.2) is 0 Å². The average Bonchev–Trinajstić information content (AvgIpc) is 2.95. The zero-order chi connectivity index (χ0) is 28.4. The van der Waals surface area contributed by atoms with Crippen molar-refractivity contribution in [1.29, 1.82) is 0 Å². The van der Waals surface area contributed by atoms with E-state index in [0.717, 1.165) is 0 Å². The second kappa shape index (κ2) is 13.6. The number of aliphatic hydroxyl groups is 1. The fraction of sp³-hybridized carbons (Fsp3) is 0.207. The average molecular weight is 533 g/mol. The van der Waals surface area contributed by atoms with Gasteiger partial charge in [0, 0.05) is 35.8 Å². The molecule has 0 aliphatic carbocycles. The lowest BCUT2D eigenvalue weighted by Crippen LogP contribution is -2.42. The Morgan fingerprint density at radius 3 is 2.23 bits per heavy atom. The van der Waals surface area contributed by atoms with Gasteiger partial charge < -0.3 is 19.9 Å². The number of nitrogens with one attached hydrogen (secondary N) is 1. The molecule has 0 saturated carbocycles. The number of nitrogens with zero attached hydrogens (tertiary/aromatic N) is 1. The maximum atomic E-state index is 13.3. The van der Waals surface area contributed by atoms with Crippen molar-refractivity contribution in [2.45, 2.75) is 18.9 Å². The topological polar surface area (TPSA) is 145 Å². The number of ether oxygens (including phenoxy) is 2. The number of hydrogen-bond acceptors (Lipinski definition) is 8. The van der Waals surface area contributed by atoms with Crippen molar-refractivity contribution in [2.75, 3.05) is 20.8 Å². The first kappa shape index (κ1) is 28.7. The Morgan fingerprint density at radius 2 is 1.64 bits per heavy atom. The second-order valence-corrected chi connectivity index (χ2v) is 8.55. The Hall–Kier alpha value is -4.83. The summed E-state index contributed by atoms with van der Waals surface area (Å²) in [5, 5.41) is 22.7. The van der Waals surface area contributed by atoms with Crippen LogP contribution in [0.3, 0.4) is 0 Å². The molecule has 0 bridgehead atoms. The third-order valence-electron chi connectivity index (χ3n) is 5.94.